The molecule has 3 rings (SSSR count). The molecule has 2 N–H and O–H groups in total. The number of fused-ring (bicyclic) bond motifs is 1. The average molecular weight is 389 g/mol. The van der Waals surface area contributed by atoms with E-state index < -0.39 is 9.84 Å². The summed E-state index contributed by atoms with van der Waals surface area (Å²) < 4.78 is 35.4. The van der Waals surface area contributed by atoms with Gasteiger partial charge in [0.15, 0.2) is 0 Å². The lowest BCUT2D eigenvalue weighted by molar-refractivity contribution is -0.116. The number of carbonyl (C=O) groups excluding carboxylic acids is 1. The molecule has 0 aliphatic carbocycles. The number of hydrogen-bond acceptors (Lipinski definition) is 4. The molecule has 2 aromatic heterocycles. The number of carbonyl (C=O) groups is 1. The highest BCUT2D eigenvalue weighted by Gasteiger charge is 2.09. The first-order valence-corrected chi connectivity index (χ1v) is 10.6. The van der Waals surface area contributed by atoms with Gasteiger partial charge in [0.2, 0.25) is 5.91 Å². The predicted molar refractivity (Wildman–Crippen MR) is 104 cm³/mol. The van der Waals surface area contributed by atoms with E-state index in [-0.39, 0.29) is 23.9 Å². The molecule has 0 radical (unpaired) electrons. The van der Waals surface area contributed by atoms with Crippen LogP contribution in [0.1, 0.15) is 19.3 Å². The van der Waals surface area contributed by atoms with Crippen LogP contribution >= 0.6 is 0 Å². The van der Waals surface area contributed by atoms with E-state index in [9.17, 15) is 17.6 Å². The number of anilines is 1. The summed E-state index contributed by atoms with van der Waals surface area (Å²) in [7, 11) is -2.99. The molecule has 0 fully saturated rings. The molecular weight excluding hydrogens is 369 g/mol. The number of sulfone groups is 1. The van der Waals surface area contributed by atoms with Crippen LogP contribution in [0.25, 0.3) is 22.0 Å². The molecule has 0 saturated heterocycles. The summed E-state index contributed by atoms with van der Waals surface area (Å²) in [5.74, 6) is 0.00885. The first-order chi connectivity index (χ1) is 12.8. The molecule has 3 aromatic rings. The summed E-state index contributed by atoms with van der Waals surface area (Å²) in [5.41, 5.74) is 2.45. The van der Waals surface area contributed by atoms with Crippen LogP contribution in [-0.2, 0) is 14.6 Å². The maximum Gasteiger partial charge on any atom is 0.225 e. The summed E-state index contributed by atoms with van der Waals surface area (Å²) in [4.78, 5) is 19.2. The van der Waals surface area contributed by atoms with Crippen molar-refractivity contribution in [3.63, 3.8) is 0 Å². The zero-order chi connectivity index (χ0) is 19.4. The molecule has 2 heterocycles. The molecular formula is C19H20FN3O3S. The molecule has 0 atom stereocenters. The lowest BCUT2D eigenvalue weighted by Gasteiger charge is -2.06. The Hall–Kier alpha value is -2.74. The van der Waals surface area contributed by atoms with Gasteiger partial charge in [-0.05, 0) is 43.2 Å². The highest BCUT2D eigenvalue weighted by Crippen LogP contribution is 2.29. The van der Waals surface area contributed by atoms with Gasteiger partial charge in [0, 0.05) is 52.9 Å². The van der Waals surface area contributed by atoms with Crippen LogP contribution in [0, 0.1) is 5.82 Å². The highest BCUT2D eigenvalue weighted by molar-refractivity contribution is 7.90. The minimum atomic E-state index is -2.99. The van der Waals surface area contributed by atoms with E-state index in [0.717, 1.165) is 16.5 Å². The first kappa shape index (κ1) is 19.0. The number of nitrogens with zero attached hydrogens (tertiary/aromatic N) is 1. The van der Waals surface area contributed by atoms with Crippen LogP contribution in [0.5, 0.6) is 0 Å². The van der Waals surface area contributed by atoms with Crippen molar-refractivity contribution >= 4 is 32.5 Å². The fourth-order valence-corrected chi connectivity index (χ4v) is 3.55. The highest BCUT2D eigenvalue weighted by atomic mass is 32.2. The van der Waals surface area contributed by atoms with Gasteiger partial charge in [0.25, 0.3) is 0 Å². The second kappa shape index (κ2) is 7.87. The Bertz CT molecular complexity index is 1060. The number of aromatic nitrogens is 2. The quantitative estimate of drug-likeness (QED) is 0.605. The third kappa shape index (κ3) is 5.13. The van der Waals surface area contributed by atoms with Crippen LogP contribution < -0.4 is 5.32 Å². The minimum Gasteiger partial charge on any atom is -0.360 e. The number of H-pyrrole nitrogens is 1. The van der Waals surface area contributed by atoms with Crippen LogP contribution in [0.2, 0.25) is 0 Å². The Morgan fingerprint density at radius 1 is 1.22 bits per heavy atom. The summed E-state index contributed by atoms with van der Waals surface area (Å²) in [6.45, 7) is 0. The fourth-order valence-electron chi connectivity index (χ4n) is 2.82. The predicted octanol–water partition coefficient (Wildman–Crippen LogP) is 3.52. The monoisotopic (exact) mass is 389 g/mol. The standard InChI is InChI=1S/C19H20FN3O3S/c1-27(25,26)9-3-2-4-19(24)23-18-8-5-13(11-22-18)16-12-21-17-10-14(20)6-7-15(16)17/h5-8,10-12,21H,2-4,9H2,1H3,(H,22,23,24). The zero-order valence-electron chi connectivity index (χ0n) is 14.8. The van der Waals surface area contributed by atoms with Gasteiger partial charge in [-0.3, -0.25) is 4.79 Å². The van der Waals surface area contributed by atoms with E-state index in [4.69, 9.17) is 0 Å². The van der Waals surface area contributed by atoms with Crippen molar-refractivity contribution in [3.05, 3.63) is 48.5 Å². The van der Waals surface area contributed by atoms with E-state index in [1.807, 2.05) is 6.07 Å². The van der Waals surface area contributed by atoms with E-state index in [1.165, 1.54) is 18.4 Å². The number of amides is 1. The maximum absolute atomic E-state index is 13.3. The van der Waals surface area contributed by atoms with E-state index in [1.54, 1.807) is 24.5 Å². The normalized spacial score (nSPS) is 11.6. The number of pyridine rings is 1. The van der Waals surface area contributed by atoms with Gasteiger partial charge < -0.3 is 10.3 Å². The SMILES string of the molecule is CS(=O)(=O)CCCCC(=O)Nc1ccc(-c2c[nH]c3cc(F)ccc23)cn1. The number of aromatic amines is 1. The Balaban J connectivity index is 1.61. The minimum absolute atomic E-state index is 0.0851. The molecule has 0 unspecified atom stereocenters. The molecule has 142 valence electrons. The average Bonchev–Trinajstić information content (AvgIpc) is 3.01. The number of rotatable bonds is 7. The first-order valence-electron chi connectivity index (χ1n) is 8.52. The Morgan fingerprint density at radius 3 is 2.74 bits per heavy atom. The largest absolute Gasteiger partial charge is 0.360 e. The van der Waals surface area contributed by atoms with Crippen molar-refractivity contribution < 1.29 is 17.6 Å². The van der Waals surface area contributed by atoms with Gasteiger partial charge in [-0.25, -0.2) is 17.8 Å². The maximum atomic E-state index is 13.3. The van der Waals surface area contributed by atoms with E-state index >= 15 is 0 Å². The molecule has 0 saturated carbocycles. The molecule has 0 aliphatic rings. The van der Waals surface area contributed by atoms with E-state index in [2.05, 4.69) is 15.3 Å². The van der Waals surface area contributed by atoms with Gasteiger partial charge >= 0.3 is 0 Å². The molecule has 1 aromatic carbocycles. The lowest BCUT2D eigenvalue weighted by atomic mass is 10.1. The van der Waals surface area contributed by atoms with Gasteiger partial charge in [-0.1, -0.05) is 0 Å². The second-order valence-corrected chi connectivity index (χ2v) is 8.72. The van der Waals surface area contributed by atoms with Gasteiger partial charge in [0.05, 0.1) is 0 Å². The number of halogens is 1. The second-order valence-electron chi connectivity index (χ2n) is 6.46. The van der Waals surface area contributed by atoms with Crippen LogP contribution in [0.15, 0.2) is 42.7 Å². The van der Waals surface area contributed by atoms with Crippen LogP contribution in [-0.4, -0.2) is 36.3 Å². The van der Waals surface area contributed by atoms with E-state index in [0.29, 0.717) is 24.2 Å². The summed E-state index contributed by atoms with van der Waals surface area (Å²) in [6, 6.07) is 8.09. The summed E-state index contributed by atoms with van der Waals surface area (Å²) >= 11 is 0. The number of hydrogen-bond donors (Lipinski definition) is 2. The van der Waals surface area contributed by atoms with Crippen LogP contribution in [0.3, 0.4) is 0 Å². The van der Waals surface area contributed by atoms with Crippen molar-refractivity contribution in [2.24, 2.45) is 0 Å². The Morgan fingerprint density at radius 2 is 2.04 bits per heavy atom. The van der Waals surface area contributed by atoms with Crippen molar-refractivity contribution in [2.75, 3.05) is 17.3 Å². The molecule has 0 aliphatic heterocycles. The molecule has 8 heteroatoms. The third-order valence-electron chi connectivity index (χ3n) is 4.15. The molecule has 6 nitrogen and oxygen atoms in total. The fraction of sp³-hybridized carbons (Fsp3) is 0.263. The van der Waals surface area contributed by atoms with Crippen molar-refractivity contribution in [1.82, 2.24) is 9.97 Å². The van der Waals surface area contributed by atoms with Gasteiger partial charge in [-0.2, -0.15) is 0 Å². The zero-order valence-corrected chi connectivity index (χ0v) is 15.6. The van der Waals surface area contributed by atoms with Crippen LogP contribution in [0.4, 0.5) is 10.2 Å². The van der Waals surface area contributed by atoms with Gasteiger partial charge in [-0.15, -0.1) is 0 Å². The molecule has 0 bridgehead atoms. The third-order valence-corrected chi connectivity index (χ3v) is 5.18. The van der Waals surface area contributed by atoms with Gasteiger partial charge in [0.1, 0.15) is 21.5 Å². The van der Waals surface area contributed by atoms with Crippen molar-refractivity contribution in [1.29, 1.82) is 0 Å². The smallest absolute Gasteiger partial charge is 0.225 e. The van der Waals surface area contributed by atoms with Crippen molar-refractivity contribution in [2.45, 2.75) is 19.3 Å². The number of unbranched alkanes of at least 4 members (excludes halogenated alkanes) is 1. The van der Waals surface area contributed by atoms with Crippen molar-refractivity contribution in [3.8, 4) is 11.1 Å². The summed E-state index contributed by atoms with van der Waals surface area (Å²) in [6.07, 6.45) is 5.82. The number of benzene rings is 1. The Labute approximate surface area is 156 Å². The lowest BCUT2D eigenvalue weighted by Crippen LogP contribution is -2.13. The topological polar surface area (TPSA) is 91.9 Å². The Kier molecular flexibility index (Phi) is 5.55. The summed E-state index contributed by atoms with van der Waals surface area (Å²) in [5, 5.41) is 3.59. The molecule has 1 amide bonds. The number of nitrogens with one attached hydrogen (secondary N) is 2. The molecule has 0 spiro atoms. The molecule has 27 heavy (non-hydrogen) atoms.